The van der Waals surface area contributed by atoms with Crippen LogP contribution in [0.15, 0.2) is 4.42 Å². The lowest BCUT2D eigenvalue weighted by molar-refractivity contribution is 0.0199. The van der Waals surface area contributed by atoms with Crippen molar-refractivity contribution < 1.29 is 13.9 Å². The zero-order valence-electron chi connectivity index (χ0n) is 14.9. The van der Waals surface area contributed by atoms with Crippen molar-refractivity contribution in [1.82, 2.24) is 20.0 Å². The third-order valence-electron chi connectivity index (χ3n) is 5.53. The van der Waals surface area contributed by atoms with Crippen LogP contribution in [0.1, 0.15) is 31.6 Å². The van der Waals surface area contributed by atoms with E-state index in [0.29, 0.717) is 25.1 Å². The summed E-state index contributed by atoms with van der Waals surface area (Å²) in [5.41, 5.74) is -0.0630. The Bertz CT molecular complexity index is 615. The van der Waals surface area contributed by atoms with Gasteiger partial charge in [-0.3, -0.25) is 0 Å². The number of nitrogens with zero attached hydrogens (tertiary/aromatic N) is 5. The number of hydrogen-bond donors (Lipinski definition) is 0. The molecule has 1 aromatic rings. The van der Waals surface area contributed by atoms with Crippen molar-refractivity contribution in [2.24, 2.45) is 5.41 Å². The second-order valence-electron chi connectivity index (χ2n) is 7.58. The van der Waals surface area contributed by atoms with Crippen molar-refractivity contribution >= 4 is 12.0 Å². The van der Waals surface area contributed by atoms with Crippen molar-refractivity contribution in [1.29, 1.82) is 0 Å². The maximum atomic E-state index is 12.8. The minimum atomic E-state index is -0.0630. The number of anilines is 1. The molecule has 25 heavy (non-hydrogen) atoms. The van der Waals surface area contributed by atoms with E-state index in [1.807, 2.05) is 9.80 Å². The van der Waals surface area contributed by atoms with Crippen molar-refractivity contribution in [2.75, 3.05) is 57.4 Å². The van der Waals surface area contributed by atoms with Crippen molar-refractivity contribution in [2.45, 2.75) is 32.6 Å². The molecular formula is C17H27N5O3. The molecule has 8 heteroatoms. The Morgan fingerprint density at radius 3 is 2.60 bits per heavy atom. The Morgan fingerprint density at radius 2 is 1.84 bits per heavy atom. The quantitative estimate of drug-likeness (QED) is 0.765. The molecule has 3 aliphatic rings. The summed E-state index contributed by atoms with van der Waals surface area (Å²) >= 11 is 0. The van der Waals surface area contributed by atoms with E-state index in [1.54, 1.807) is 6.92 Å². The molecule has 1 spiro atoms. The van der Waals surface area contributed by atoms with Gasteiger partial charge in [0.2, 0.25) is 5.89 Å². The lowest BCUT2D eigenvalue weighted by Crippen LogP contribution is -2.54. The molecule has 0 aliphatic carbocycles. The molecule has 0 aromatic carbocycles. The Balaban J connectivity index is 1.49. The summed E-state index contributed by atoms with van der Waals surface area (Å²) in [6.45, 7) is 8.03. The number of ether oxygens (including phenoxy) is 1. The zero-order chi connectivity index (χ0) is 17.3. The van der Waals surface area contributed by atoms with Crippen LogP contribution in [0.5, 0.6) is 0 Å². The summed E-state index contributed by atoms with van der Waals surface area (Å²) in [7, 11) is 0. The molecule has 0 N–H and O–H groups in total. The van der Waals surface area contributed by atoms with Gasteiger partial charge in [0.05, 0.1) is 13.2 Å². The van der Waals surface area contributed by atoms with Crippen LogP contribution in [-0.2, 0) is 4.74 Å². The molecule has 0 bridgehead atoms. The van der Waals surface area contributed by atoms with Gasteiger partial charge < -0.3 is 23.9 Å². The van der Waals surface area contributed by atoms with Gasteiger partial charge >= 0.3 is 12.0 Å². The van der Waals surface area contributed by atoms with E-state index in [0.717, 1.165) is 65.0 Å². The van der Waals surface area contributed by atoms with Gasteiger partial charge in [-0.25, -0.2) is 4.79 Å². The Labute approximate surface area is 148 Å². The highest BCUT2D eigenvalue weighted by molar-refractivity contribution is 5.75. The third kappa shape index (κ3) is 3.44. The first-order chi connectivity index (χ1) is 12.2. The molecule has 1 aromatic heterocycles. The van der Waals surface area contributed by atoms with Gasteiger partial charge in [-0.1, -0.05) is 5.10 Å². The van der Waals surface area contributed by atoms with Gasteiger partial charge in [0, 0.05) is 51.6 Å². The topological polar surface area (TPSA) is 74.9 Å². The van der Waals surface area contributed by atoms with Crippen LogP contribution in [0.4, 0.5) is 10.8 Å². The first-order valence-corrected chi connectivity index (χ1v) is 9.32. The molecule has 8 nitrogen and oxygen atoms in total. The molecule has 0 saturated carbocycles. The number of carbonyl (C=O) groups is 1. The van der Waals surface area contributed by atoms with Gasteiger partial charge in [-0.05, 0) is 25.7 Å². The molecule has 1 unspecified atom stereocenters. The van der Waals surface area contributed by atoms with Crippen molar-refractivity contribution in [3.63, 3.8) is 0 Å². The number of amides is 2. The molecule has 4 heterocycles. The minimum Gasteiger partial charge on any atom is -0.408 e. The van der Waals surface area contributed by atoms with Gasteiger partial charge in [-0.2, -0.15) is 0 Å². The van der Waals surface area contributed by atoms with E-state index in [1.165, 1.54) is 0 Å². The highest BCUT2D eigenvalue weighted by Crippen LogP contribution is 2.35. The molecule has 2 amide bonds. The van der Waals surface area contributed by atoms with Crippen LogP contribution in [0.25, 0.3) is 0 Å². The highest BCUT2D eigenvalue weighted by Gasteiger charge is 2.42. The number of aryl methyl sites for hydroxylation is 1. The smallest absolute Gasteiger partial charge is 0.320 e. The fourth-order valence-electron chi connectivity index (χ4n) is 4.30. The lowest BCUT2D eigenvalue weighted by atomic mass is 9.80. The Hall–Kier alpha value is -1.83. The van der Waals surface area contributed by atoms with Crippen LogP contribution < -0.4 is 4.90 Å². The van der Waals surface area contributed by atoms with Crippen LogP contribution in [-0.4, -0.2) is 78.5 Å². The molecular weight excluding hydrogens is 322 g/mol. The van der Waals surface area contributed by atoms with Crippen molar-refractivity contribution in [3.8, 4) is 0 Å². The monoisotopic (exact) mass is 349 g/mol. The Morgan fingerprint density at radius 1 is 1.04 bits per heavy atom. The number of piperidine rings is 1. The minimum absolute atomic E-state index is 0.0630. The van der Waals surface area contributed by atoms with E-state index in [9.17, 15) is 4.79 Å². The van der Waals surface area contributed by atoms with E-state index < -0.39 is 0 Å². The van der Waals surface area contributed by atoms with E-state index in [2.05, 4.69) is 15.1 Å². The SMILES string of the molecule is Cc1nnc(N2CCOCC3(CCCN(C(=O)N4CCCC4)C3)C2)o1. The number of urea groups is 1. The first kappa shape index (κ1) is 16.6. The Kier molecular flexibility index (Phi) is 4.54. The standard InChI is InChI=1S/C17H27N5O3/c1-14-18-19-15(25-14)21-9-10-24-13-17(11-21)5-4-8-22(12-17)16(23)20-6-2-3-7-20/h2-13H2,1H3. The number of rotatable bonds is 1. The molecule has 1 atom stereocenters. The number of carbonyl (C=O) groups excluding carboxylic acids is 1. The van der Waals surface area contributed by atoms with Crippen LogP contribution >= 0.6 is 0 Å². The summed E-state index contributed by atoms with van der Waals surface area (Å²) in [5.74, 6) is 0.573. The molecule has 138 valence electrons. The summed E-state index contributed by atoms with van der Waals surface area (Å²) in [5, 5.41) is 8.12. The third-order valence-corrected chi connectivity index (χ3v) is 5.53. The fraction of sp³-hybridized carbons (Fsp3) is 0.824. The number of aromatic nitrogens is 2. The van der Waals surface area contributed by atoms with Gasteiger partial charge in [0.25, 0.3) is 0 Å². The molecule has 3 saturated heterocycles. The highest BCUT2D eigenvalue weighted by atomic mass is 16.5. The molecule has 0 radical (unpaired) electrons. The maximum absolute atomic E-state index is 12.8. The average Bonchev–Trinajstić information content (AvgIpc) is 3.25. The zero-order valence-corrected chi connectivity index (χ0v) is 14.9. The summed E-state index contributed by atoms with van der Waals surface area (Å²) in [4.78, 5) is 19.0. The summed E-state index contributed by atoms with van der Waals surface area (Å²) < 4.78 is 11.5. The predicted octanol–water partition coefficient (Wildman–Crippen LogP) is 1.51. The molecule has 3 aliphatic heterocycles. The normalized spacial score (nSPS) is 27.8. The number of hydrogen-bond acceptors (Lipinski definition) is 6. The van der Waals surface area contributed by atoms with Crippen LogP contribution in [0, 0.1) is 12.3 Å². The maximum Gasteiger partial charge on any atom is 0.320 e. The van der Waals surface area contributed by atoms with Gasteiger partial charge in [-0.15, -0.1) is 5.10 Å². The second kappa shape index (κ2) is 6.82. The van der Waals surface area contributed by atoms with E-state index in [4.69, 9.17) is 9.15 Å². The van der Waals surface area contributed by atoms with Crippen molar-refractivity contribution in [3.05, 3.63) is 5.89 Å². The molecule has 3 fully saturated rings. The van der Waals surface area contributed by atoms with Crippen LogP contribution in [0.2, 0.25) is 0 Å². The van der Waals surface area contributed by atoms with Gasteiger partial charge in [0.1, 0.15) is 0 Å². The summed E-state index contributed by atoms with van der Waals surface area (Å²) in [6.07, 6.45) is 4.32. The number of likely N-dealkylation sites (tertiary alicyclic amines) is 2. The predicted molar refractivity (Wildman–Crippen MR) is 91.5 cm³/mol. The summed E-state index contributed by atoms with van der Waals surface area (Å²) in [6, 6.07) is 0.756. The lowest BCUT2D eigenvalue weighted by Gasteiger charge is -2.44. The molecule has 4 rings (SSSR count). The van der Waals surface area contributed by atoms with Gasteiger partial charge in [0.15, 0.2) is 0 Å². The first-order valence-electron chi connectivity index (χ1n) is 9.32. The van der Waals surface area contributed by atoms with E-state index >= 15 is 0 Å². The largest absolute Gasteiger partial charge is 0.408 e. The van der Waals surface area contributed by atoms with E-state index in [-0.39, 0.29) is 11.4 Å². The average molecular weight is 349 g/mol. The van der Waals surface area contributed by atoms with Crippen LogP contribution in [0.3, 0.4) is 0 Å². The second-order valence-corrected chi connectivity index (χ2v) is 7.58. The fourth-order valence-corrected chi connectivity index (χ4v) is 4.30.